The van der Waals surface area contributed by atoms with Gasteiger partial charge in [0.2, 0.25) is 18.3 Å². The van der Waals surface area contributed by atoms with Gasteiger partial charge in [-0.1, -0.05) is 12.1 Å². The molecule has 0 amide bonds. The predicted octanol–water partition coefficient (Wildman–Crippen LogP) is -0.444. The van der Waals surface area contributed by atoms with Crippen molar-refractivity contribution >= 4 is 30.2 Å². The van der Waals surface area contributed by atoms with Gasteiger partial charge in [-0.05, 0) is 65.7 Å². The van der Waals surface area contributed by atoms with Gasteiger partial charge in [0.25, 0.3) is 11.9 Å². The number of carbonyl (C=O) groups excluding carboxylic acids is 2. The zero-order valence-corrected chi connectivity index (χ0v) is 41.2. The molecule has 14 N–H and O–H groups in total. The molecule has 4 heterocycles. The lowest BCUT2D eigenvalue weighted by atomic mass is 9.97. The van der Waals surface area contributed by atoms with Crippen molar-refractivity contribution in [2.24, 2.45) is 0 Å². The first-order valence-electron chi connectivity index (χ1n) is 23.8. The molecule has 8 rings (SSSR count). The molecule has 26 heteroatoms. The lowest BCUT2D eigenvalue weighted by molar-refractivity contribution is -0.353. The Kier molecular flexibility index (Phi) is 17.8. The number of fused-ring (bicyclic) bond motifs is 1. The van der Waals surface area contributed by atoms with Crippen molar-refractivity contribution in [1.82, 2.24) is 0 Å². The van der Waals surface area contributed by atoms with Crippen molar-refractivity contribution in [2.45, 2.75) is 92.1 Å². The van der Waals surface area contributed by atoms with Gasteiger partial charge in [0.05, 0.1) is 39.1 Å². The third kappa shape index (κ3) is 12.6. The molecule has 3 fully saturated rings. The highest BCUT2D eigenvalue weighted by molar-refractivity contribution is 5.88. The standard InChI is InChI=1S/C52H56O26/c1-68-33-13-23(14-34(69-2)41(33)62)6-12-39(60)77-48-40(61)30(58)20-71-51(48)78-49-45(66)43(64)37(21-70-38(59)11-5-22-3-8-25(54)9-4-22)76-52(49)74-35-18-27-31(72-47(35)24-7-10-28(56)29(57)15-24)16-26(55)17-32(27)73-50-46(67)44(65)42(63)36(19-53)75-50/h3-18,30,36-37,40,42-58,61-67H,19-21H2,1-2H3/p+1. The van der Waals surface area contributed by atoms with Crippen molar-refractivity contribution in [1.29, 1.82) is 0 Å². The van der Waals surface area contributed by atoms with E-state index in [-0.39, 0.29) is 56.9 Å². The second-order valence-corrected chi connectivity index (χ2v) is 18.1. The maximum absolute atomic E-state index is 13.4. The van der Waals surface area contributed by atoms with E-state index >= 15 is 0 Å². The zero-order valence-electron chi connectivity index (χ0n) is 41.2. The summed E-state index contributed by atoms with van der Waals surface area (Å²) in [6.07, 6.45) is -21.3. The molecule has 0 spiro atoms. The van der Waals surface area contributed by atoms with Crippen molar-refractivity contribution in [3.63, 3.8) is 0 Å². The Balaban J connectivity index is 1.14. The fourth-order valence-electron chi connectivity index (χ4n) is 8.60. The number of rotatable bonds is 17. The first kappa shape index (κ1) is 56.8. The van der Waals surface area contributed by atoms with Crippen LogP contribution in [0.1, 0.15) is 28.4 Å². The second kappa shape index (κ2) is 24.5. The normalized spacial score (nSPS) is 29.9. The van der Waals surface area contributed by atoms with Gasteiger partial charge in [-0.15, -0.1) is 0 Å². The minimum atomic E-state index is -2.10. The van der Waals surface area contributed by atoms with E-state index in [1.165, 1.54) is 81.0 Å². The Morgan fingerprint density at radius 3 is 1.99 bits per heavy atom. The van der Waals surface area contributed by atoms with Crippen LogP contribution in [0.5, 0.6) is 51.7 Å². The molecule has 26 nitrogen and oxygen atoms in total. The lowest BCUT2D eigenvalue weighted by Crippen LogP contribution is -2.63. The number of aromatic hydroxyl groups is 6. The van der Waals surface area contributed by atoms with E-state index in [0.29, 0.717) is 5.56 Å². The van der Waals surface area contributed by atoms with Crippen molar-refractivity contribution in [3.8, 4) is 51.7 Å². The Hall–Kier alpha value is -7.44. The number of hydrogen-bond donors (Lipinski definition) is 13. The van der Waals surface area contributed by atoms with Gasteiger partial charge < -0.3 is 118 Å². The molecule has 0 bridgehead atoms. The van der Waals surface area contributed by atoms with Crippen LogP contribution >= 0.6 is 0 Å². The largest absolute Gasteiger partial charge is 0.571 e. The highest BCUT2D eigenvalue weighted by Crippen LogP contribution is 2.48. The third-order valence-corrected chi connectivity index (χ3v) is 12.8. The van der Waals surface area contributed by atoms with Crippen LogP contribution in [0.3, 0.4) is 0 Å². The molecule has 15 unspecified atom stereocenters. The number of phenols is 5. The molecular weight excluding hydrogens is 1040 g/mol. The summed E-state index contributed by atoms with van der Waals surface area (Å²) in [5, 5.41) is 139. The van der Waals surface area contributed by atoms with Crippen molar-refractivity contribution in [2.75, 3.05) is 34.0 Å². The average molecular weight is 1100 g/mol. The molecule has 0 aliphatic carbocycles. The van der Waals surface area contributed by atoms with Gasteiger partial charge in [0, 0.05) is 24.3 Å². The molecular formula is C52H57O26+. The summed E-state index contributed by atoms with van der Waals surface area (Å²) in [7, 11) is 2.58. The first-order chi connectivity index (χ1) is 37.3. The van der Waals surface area contributed by atoms with Crippen LogP contribution < -0.4 is 14.2 Å². The van der Waals surface area contributed by atoms with Crippen molar-refractivity contribution in [3.05, 3.63) is 107 Å². The number of phenolic OH excluding ortho intramolecular Hbond substituents is 5. The summed E-state index contributed by atoms with van der Waals surface area (Å²) in [5.74, 6) is -4.62. The Morgan fingerprint density at radius 2 is 1.31 bits per heavy atom. The van der Waals surface area contributed by atoms with E-state index in [2.05, 4.69) is 0 Å². The van der Waals surface area contributed by atoms with Crippen LogP contribution in [0.4, 0.5) is 0 Å². The quantitative estimate of drug-likeness (QED) is 0.0276. The Bertz CT molecular complexity index is 2830. The molecule has 0 aromatic heterocycles. The molecule has 0 saturated carbocycles. The van der Waals surface area contributed by atoms with Gasteiger partial charge in [-0.3, -0.25) is 0 Å². The Labute approximate surface area is 442 Å². The number of benzene rings is 4. The number of hydrogen-bond acceptors (Lipinski definition) is 25. The summed E-state index contributed by atoms with van der Waals surface area (Å²) in [6.45, 7) is -2.19. The number of carbonyl (C=O) groups is 2. The minimum Gasteiger partial charge on any atom is -0.571 e. The smallest absolute Gasteiger partial charge is 0.331 e. The molecule has 0 radical (unpaired) electrons. The maximum atomic E-state index is 13.4. The number of esters is 2. The van der Waals surface area contributed by atoms with Crippen LogP contribution in [-0.2, 0) is 42.7 Å². The van der Waals surface area contributed by atoms with Gasteiger partial charge >= 0.3 is 11.9 Å². The third-order valence-electron chi connectivity index (χ3n) is 12.8. The van der Waals surface area contributed by atoms with Crippen molar-refractivity contribution < 1.29 is 128 Å². The fraction of sp³-hybridized carbons (Fsp3) is 0.385. The molecule has 4 aromatic carbocycles. The average Bonchev–Trinajstić information content (AvgIpc) is 3.45. The van der Waals surface area contributed by atoms with Crippen LogP contribution in [0.25, 0.3) is 18.2 Å². The molecule has 15 atom stereocenters. The first-order valence-corrected chi connectivity index (χ1v) is 23.8. The molecule has 78 heavy (non-hydrogen) atoms. The van der Waals surface area contributed by atoms with E-state index in [1.807, 2.05) is 0 Å². The van der Waals surface area contributed by atoms with E-state index in [0.717, 1.165) is 30.4 Å². The summed E-state index contributed by atoms with van der Waals surface area (Å²) >= 11 is 0. The summed E-state index contributed by atoms with van der Waals surface area (Å²) in [5.41, 5.74) is 0.868. The molecule has 3 saturated heterocycles. The number of methoxy groups -OCH3 is 2. The van der Waals surface area contributed by atoms with Gasteiger partial charge in [-0.2, -0.15) is 0 Å². The fourth-order valence-corrected chi connectivity index (χ4v) is 8.60. The SMILES string of the molecule is COc1cc(C=CC(=O)OC2C(OC3C(OC4=Cc5c(OC6OC(CO)C(O)C(O)C6O)cc(O)cc5[OH+]C4c4ccc(O)c(O)c4)OC(COC(=O)C=Cc4ccc(O)cc4)C(O)C3O)OCC(O)C2O)cc(OC)c1O. The topological polar surface area (TPSA) is 402 Å². The van der Waals surface area contributed by atoms with E-state index in [1.54, 1.807) is 0 Å². The molecule has 4 aliphatic rings. The number of aliphatic hydroxyl groups excluding tert-OH is 8. The summed E-state index contributed by atoms with van der Waals surface area (Å²) < 4.78 is 62.1. The predicted molar refractivity (Wildman–Crippen MR) is 261 cm³/mol. The van der Waals surface area contributed by atoms with Gasteiger partial charge in [-0.25, -0.2) is 9.59 Å². The van der Waals surface area contributed by atoms with Gasteiger partial charge in [0.1, 0.15) is 84.4 Å². The molecule has 420 valence electrons. The molecule has 4 aromatic rings. The number of ether oxygens (including phenoxy) is 11. The monoisotopic (exact) mass is 1100 g/mol. The van der Waals surface area contributed by atoms with Crippen LogP contribution in [0, 0.1) is 0 Å². The lowest BCUT2D eigenvalue weighted by Gasteiger charge is -2.45. The summed E-state index contributed by atoms with van der Waals surface area (Å²) in [6, 6.07) is 14.4. The maximum Gasteiger partial charge on any atom is 0.331 e. The zero-order chi connectivity index (χ0) is 56.1. The van der Waals surface area contributed by atoms with Crippen LogP contribution in [0.15, 0.2) is 84.6 Å². The highest BCUT2D eigenvalue weighted by atomic mass is 16.8. The van der Waals surface area contributed by atoms with E-state index in [4.69, 9.17) is 52.1 Å². The number of aliphatic hydroxyl groups is 9. The Morgan fingerprint density at radius 1 is 0.641 bits per heavy atom. The van der Waals surface area contributed by atoms with E-state index in [9.17, 15) is 76.0 Å². The van der Waals surface area contributed by atoms with E-state index < -0.39 is 141 Å². The second-order valence-electron chi connectivity index (χ2n) is 18.1. The van der Waals surface area contributed by atoms with Crippen LogP contribution in [0.2, 0.25) is 0 Å². The van der Waals surface area contributed by atoms with Gasteiger partial charge in [0.15, 0.2) is 47.3 Å². The highest BCUT2D eigenvalue weighted by Gasteiger charge is 2.53. The molecule has 4 aliphatic heterocycles. The minimum absolute atomic E-state index is 0.000634. The summed E-state index contributed by atoms with van der Waals surface area (Å²) in [4.78, 5) is 26.4. The van der Waals surface area contributed by atoms with Crippen LogP contribution in [-0.4, -0.2) is 203 Å².